The third-order valence-corrected chi connectivity index (χ3v) is 4.64. The standard InChI is InChI=1S/C20H17BrN2O3/c1-13(14-6-9-16(24)10-7-14)22-23-19(25)12-26-18-11-8-15-4-2-3-5-17(15)20(18)21/h2-11,24H,12H2,1H3,(H,23,25)/b22-13-. The van der Waals surface area contributed by atoms with Crippen molar-refractivity contribution in [2.45, 2.75) is 6.92 Å². The van der Waals surface area contributed by atoms with Gasteiger partial charge in [-0.2, -0.15) is 5.10 Å². The first-order valence-electron chi connectivity index (χ1n) is 7.97. The number of phenolic OH excluding ortho intramolecular Hbond substituents is 1. The van der Waals surface area contributed by atoms with Gasteiger partial charge in [-0.3, -0.25) is 4.79 Å². The Morgan fingerprint density at radius 3 is 2.62 bits per heavy atom. The second kappa shape index (κ2) is 8.01. The van der Waals surface area contributed by atoms with E-state index in [4.69, 9.17) is 4.74 Å². The molecule has 0 spiro atoms. The quantitative estimate of drug-likeness (QED) is 0.486. The number of phenols is 1. The van der Waals surface area contributed by atoms with Crippen LogP contribution in [-0.4, -0.2) is 23.3 Å². The fraction of sp³-hybridized carbons (Fsp3) is 0.100. The lowest BCUT2D eigenvalue weighted by atomic mass is 10.1. The Labute approximate surface area is 159 Å². The number of hydrogen-bond donors (Lipinski definition) is 2. The number of rotatable bonds is 5. The van der Waals surface area contributed by atoms with E-state index >= 15 is 0 Å². The van der Waals surface area contributed by atoms with Crippen LogP contribution in [0.4, 0.5) is 0 Å². The van der Waals surface area contributed by atoms with Gasteiger partial charge in [0.05, 0.1) is 10.2 Å². The van der Waals surface area contributed by atoms with Crippen LogP contribution >= 0.6 is 15.9 Å². The van der Waals surface area contributed by atoms with E-state index in [1.54, 1.807) is 31.2 Å². The van der Waals surface area contributed by atoms with Crippen LogP contribution in [-0.2, 0) is 4.79 Å². The number of halogens is 1. The maximum absolute atomic E-state index is 12.0. The molecule has 0 bridgehead atoms. The van der Waals surface area contributed by atoms with Crippen molar-refractivity contribution in [1.82, 2.24) is 5.43 Å². The SMILES string of the molecule is C/C(=N/NC(=O)COc1ccc2ccccc2c1Br)c1ccc(O)cc1. The zero-order valence-corrected chi connectivity index (χ0v) is 15.7. The largest absolute Gasteiger partial charge is 0.508 e. The molecule has 2 N–H and O–H groups in total. The Morgan fingerprint density at radius 1 is 1.12 bits per heavy atom. The van der Waals surface area contributed by atoms with Crippen molar-refractivity contribution in [3.63, 3.8) is 0 Å². The van der Waals surface area contributed by atoms with Gasteiger partial charge in [-0.15, -0.1) is 0 Å². The number of aromatic hydroxyl groups is 1. The van der Waals surface area contributed by atoms with Gasteiger partial charge < -0.3 is 9.84 Å². The molecule has 0 aliphatic rings. The number of nitrogens with zero attached hydrogens (tertiary/aromatic N) is 1. The summed E-state index contributed by atoms with van der Waals surface area (Å²) in [6, 6.07) is 18.3. The van der Waals surface area contributed by atoms with Crippen LogP contribution in [0.1, 0.15) is 12.5 Å². The molecule has 0 aliphatic heterocycles. The first-order chi connectivity index (χ1) is 12.5. The summed E-state index contributed by atoms with van der Waals surface area (Å²) in [5.41, 5.74) is 3.91. The summed E-state index contributed by atoms with van der Waals surface area (Å²) in [7, 11) is 0. The number of hydrogen-bond acceptors (Lipinski definition) is 4. The van der Waals surface area contributed by atoms with E-state index in [1.807, 2.05) is 36.4 Å². The molecule has 1 amide bonds. The Kier molecular flexibility index (Phi) is 5.53. The molecule has 0 fully saturated rings. The van der Waals surface area contributed by atoms with Crippen LogP contribution in [0, 0.1) is 0 Å². The molecule has 26 heavy (non-hydrogen) atoms. The molecule has 132 valence electrons. The fourth-order valence-corrected chi connectivity index (χ4v) is 3.02. The van der Waals surface area contributed by atoms with Crippen molar-refractivity contribution in [2.75, 3.05) is 6.61 Å². The fourth-order valence-electron chi connectivity index (χ4n) is 2.41. The number of ether oxygens (including phenoxy) is 1. The van der Waals surface area contributed by atoms with Gasteiger partial charge in [-0.25, -0.2) is 5.43 Å². The van der Waals surface area contributed by atoms with Gasteiger partial charge in [-0.05, 0) is 69.5 Å². The first kappa shape index (κ1) is 17.9. The van der Waals surface area contributed by atoms with Gasteiger partial charge in [0, 0.05) is 0 Å². The predicted molar refractivity (Wildman–Crippen MR) is 106 cm³/mol. The van der Waals surface area contributed by atoms with E-state index < -0.39 is 0 Å². The monoisotopic (exact) mass is 412 g/mol. The lowest BCUT2D eigenvalue weighted by Gasteiger charge is -2.10. The third kappa shape index (κ3) is 4.21. The minimum absolute atomic E-state index is 0.150. The molecule has 3 aromatic carbocycles. The van der Waals surface area contributed by atoms with Crippen molar-refractivity contribution in [3.05, 3.63) is 70.7 Å². The smallest absolute Gasteiger partial charge is 0.277 e. The van der Waals surface area contributed by atoms with E-state index in [1.165, 1.54) is 0 Å². The highest BCUT2D eigenvalue weighted by molar-refractivity contribution is 9.10. The third-order valence-electron chi connectivity index (χ3n) is 3.82. The average Bonchev–Trinajstić information content (AvgIpc) is 2.66. The van der Waals surface area contributed by atoms with Gasteiger partial charge in [0.1, 0.15) is 11.5 Å². The van der Waals surface area contributed by atoms with Gasteiger partial charge >= 0.3 is 0 Å². The summed E-state index contributed by atoms with van der Waals surface area (Å²) < 4.78 is 6.41. The summed E-state index contributed by atoms with van der Waals surface area (Å²) in [6.07, 6.45) is 0. The minimum atomic E-state index is -0.358. The van der Waals surface area contributed by atoms with Crippen LogP contribution < -0.4 is 10.2 Å². The van der Waals surface area contributed by atoms with Crippen molar-refractivity contribution < 1.29 is 14.6 Å². The van der Waals surface area contributed by atoms with E-state index in [2.05, 4.69) is 26.5 Å². The van der Waals surface area contributed by atoms with Crippen LogP contribution in [0.2, 0.25) is 0 Å². The van der Waals surface area contributed by atoms with Gasteiger partial charge in [0.25, 0.3) is 5.91 Å². The first-order valence-corrected chi connectivity index (χ1v) is 8.76. The molecule has 0 heterocycles. The number of amides is 1. The normalized spacial score (nSPS) is 11.4. The highest BCUT2D eigenvalue weighted by Crippen LogP contribution is 2.32. The lowest BCUT2D eigenvalue weighted by molar-refractivity contribution is -0.123. The maximum Gasteiger partial charge on any atom is 0.277 e. The van der Waals surface area contributed by atoms with Crippen molar-refractivity contribution in [3.8, 4) is 11.5 Å². The summed E-state index contributed by atoms with van der Waals surface area (Å²) in [5, 5.41) is 15.5. The number of carbonyl (C=O) groups is 1. The molecule has 6 heteroatoms. The number of fused-ring (bicyclic) bond motifs is 1. The zero-order valence-electron chi connectivity index (χ0n) is 14.1. The average molecular weight is 413 g/mol. The molecule has 0 aromatic heterocycles. The number of benzene rings is 3. The summed E-state index contributed by atoms with van der Waals surface area (Å²) in [4.78, 5) is 12.0. The zero-order chi connectivity index (χ0) is 18.5. The van der Waals surface area contributed by atoms with Crippen molar-refractivity contribution >= 4 is 38.3 Å². The summed E-state index contributed by atoms with van der Waals surface area (Å²) in [5.74, 6) is 0.418. The molecular formula is C20H17BrN2O3. The van der Waals surface area contributed by atoms with E-state index in [-0.39, 0.29) is 18.3 Å². The molecule has 0 atom stereocenters. The van der Waals surface area contributed by atoms with E-state index in [9.17, 15) is 9.90 Å². The summed E-state index contributed by atoms with van der Waals surface area (Å²) in [6.45, 7) is 1.62. The molecule has 0 radical (unpaired) electrons. The number of carbonyl (C=O) groups excluding carboxylic acids is 1. The topological polar surface area (TPSA) is 70.9 Å². The Morgan fingerprint density at radius 2 is 1.85 bits per heavy atom. The van der Waals surface area contributed by atoms with E-state index in [0.717, 1.165) is 20.8 Å². The van der Waals surface area contributed by atoms with Crippen LogP contribution in [0.25, 0.3) is 10.8 Å². The number of nitrogens with one attached hydrogen (secondary N) is 1. The second-order valence-corrected chi connectivity index (χ2v) is 6.46. The Hall–Kier alpha value is -2.86. The Bertz CT molecular complexity index is 968. The van der Waals surface area contributed by atoms with Crippen molar-refractivity contribution in [2.24, 2.45) is 5.10 Å². The van der Waals surface area contributed by atoms with Crippen molar-refractivity contribution in [1.29, 1.82) is 0 Å². The Balaban J connectivity index is 1.61. The highest BCUT2D eigenvalue weighted by Gasteiger charge is 2.08. The molecule has 0 saturated heterocycles. The van der Waals surface area contributed by atoms with Gasteiger partial charge in [-0.1, -0.05) is 30.3 Å². The second-order valence-electron chi connectivity index (χ2n) is 5.67. The molecule has 0 saturated carbocycles. The predicted octanol–water partition coefficient (Wildman–Crippen LogP) is 4.23. The van der Waals surface area contributed by atoms with Gasteiger partial charge in [0.15, 0.2) is 6.61 Å². The molecule has 0 unspecified atom stereocenters. The molecular weight excluding hydrogens is 396 g/mol. The van der Waals surface area contributed by atoms with Crippen LogP contribution in [0.15, 0.2) is 70.2 Å². The molecule has 3 aromatic rings. The highest BCUT2D eigenvalue weighted by atomic mass is 79.9. The minimum Gasteiger partial charge on any atom is -0.508 e. The maximum atomic E-state index is 12.0. The van der Waals surface area contributed by atoms with E-state index in [0.29, 0.717) is 11.5 Å². The molecule has 0 aliphatic carbocycles. The molecule has 5 nitrogen and oxygen atoms in total. The molecule has 3 rings (SSSR count). The number of hydrazone groups is 1. The summed E-state index contributed by atoms with van der Waals surface area (Å²) >= 11 is 3.53. The van der Waals surface area contributed by atoms with Crippen LogP contribution in [0.5, 0.6) is 11.5 Å². The van der Waals surface area contributed by atoms with Crippen LogP contribution in [0.3, 0.4) is 0 Å². The van der Waals surface area contributed by atoms with Gasteiger partial charge in [0.2, 0.25) is 0 Å². The lowest BCUT2D eigenvalue weighted by Crippen LogP contribution is -2.25.